The first kappa shape index (κ1) is 96.2. The fourth-order valence-electron chi connectivity index (χ4n) is 13.3. The van der Waals surface area contributed by atoms with Crippen molar-refractivity contribution in [3.05, 3.63) is 0 Å². The predicted octanol–water partition coefficient (Wildman–Crippen LogP) is 11.6. The van der Waals surface area contributed by atoms with E-state index in [9.17, 15) is 27.2 Å². The Morgan fingerprint density at radius 2 is 0.758 bits per heavy atom. The summed E-state index contributed by atoms with van der Waals surface area (Å²) in [6.07, 6.45) is 1.04. The van der Waals surface area contributed by atoms with Gasteiger partial charge in [0.1, 0.15) is 0 Å². The van der Waals surface area contributed by atoms with Crippen molar-refractivity contribution in [1.82, 2.24) is 53.9 Å². The van der Waals surface area contributed by atoms with E-state index in [1.807, 2.05) is 23.6 Å². The number of likely N-dealkylation sites (tertiary alicyclic amines) is 2. The Balaban J connectivity index is 0.000000582. The standard InChI is InChI=1S/C14H30NO4P.C12H26N2O.C11H22F2N2.C10H20F2N2.C10H21NO.C9H20N2.C9H19NO2/c1-6-17-20(16,18-7-2)19-12-13-8-10-15(11-9-13)14(3,4)5;1-11(2,3)14-8-6-13(7-9-14)10-12(4,5)15;1-11(2,3)15-6-4-5-14(7-8-15)9-10(12)13;1-10(2,3)14-6-4-13(5-7-14)8-9(11)12;1-10(2,3)11-6-4-9(8-12)5-7-11;1-9(2,3)11-7-5-10(4)6-8-11;1-9(2,3)10-4-5-12-7-8(10)6-11/h13H,6-12H2,1-5H3;15H,6-10H2,1-5H3;10H,4-9H2,1-3H3;9H,4-8H2,1-3H3;9,12H,4-8H2,1-3H3;5-8H2,1-4H3;8,11H,4-7H2,1-3H3/t;;;;;;8-/m......1/s1. The van der Waals surface area contributed by atoms with E-state index in [2.05, 4.69) is 197 Å². The molecule has 0 bridgehead atoms. The summed E-state index contributed by atoms with van der Waals surface area (Å²) >= 11 is 0. The molecule has 7 heterocycles. The van der Waals surface area contributed by atoms with Crippen molar-refractivity contribution in [1.29, 1.82) is 0 Å². The van der Waals surface area contributed by atoms with Gasteiger partial charge in [0.15, 0.2) is 0 Å². The van der Waals surface area contributed by atoms with Crippen LogP contribution in [0, 0.1) is 11.8 Å². The van der Waals surface area contributed by atoms with Gasteiger partial charge in [0.2, 0.25) is 0 Å². The Hall–Kier alpha value is -0.770. The van der Waals surface area contributed by atoms with E-state index in [1.165, 1.54) is 26.2 Å². The molecule has 0 spiro atoms. The topological polar surface area (TPSA) is 150 Å². The number of piperidine rings is 2. The minimum atomic E-state index is -3.35. The fraction of sp³-hybridized carbons (Fsp3) is 1.00. The highest BCUT2D eigenvalue weighted by atomic mass is 31.2. The van der Waals surface area contributed by atoms with E-state index in [4.69, 9.17) is 28.5 Å². The third kappa shape index (κ3) is 42.4. The van der Waals surface area contributed by atoms with Crippen molar-refractivity contribution in [2.24, 2.45) is 11.8 Å². The number of halogens is 4. The molecule has 0 aromatic heterocycles. The number of piperazine rings is 3. The number of rotatable bonds is 15. The molecule has 1 atom stereocenters. The average Bonchev–Trinajstić information content (AvgIpc) is 1.59. The van der Waals surface area contributed by atoms with Crippen LogP contribution in [0.5, 0.6) is 0 Å². The molecular formula is C75H158F4N11O8P. The molecule has 0 unspecified atom stereocenters. The average molecular weight is 1450 g/mol. The van der Waals surface area contributed by atoms with Gasteiger partial charge < -0.3 is 25.0 Å². The lowest BCUT2D eigenvalue weighted by Crippen LogP contribution is -2.55. The highest BCUT2D eigenvalue weighted by molar-refractivity contribution is 7.48. The zero-order valence-corrected chi connectivity index (χ0v) is 69.5. The lowest BCUT2D eigenvalue weighted by atomic mass is 9.94. The van der Waals surface area contributed by atoms with Crippen LogP contribution in [0.25, 0.3) is 0 Å². The number of likely N-dealkylation sites (N-methyl/N-ethyl adjacent to an activating group) is 1. The summed E-state index contributed by atoms with van der Waals surface area (Å²) in [5.41, 5.74) is 1.05. The van der Waals surface area contributed by atoms with E-state index in [0.717, 1.165) is 157 Å². The summed E-state index contributed by atoms with van der Waals surface area (Å²) < 4.78 is 81.9. The van der Waals surface area contributed by atoms with Gasteiger partial charge in [-0.25, -0.2) is 22.1 Å². The number of aliphatic hydroxyl groups is 3. The third-order valence-corrected chi connectivity index (χ3v) is 21.4. The van der Waals surface area contributed by atoms with Crippen molar-refractivity contribution in [3.63, 3.8) is 0 Å². The molecule has 7 aliphatic heterocycles. The monoisotopic (exact) mass is 1450 g/mol. The fourth-order valence-corrected chi connectivity index (χ4v) is 14.5. The molecule has 19 nitrogen and oxygen atoms in total. The molecule has 594 valence electrons. The molecule has 24 heteroatoms. The van der Waals surface area contributed by atoms with Crippen LogP contribution in [-0.2, 0) is 22.9 Å². The molecule has 0 aromatic carbocycles. The lowest BCUT2D eigenvalue weighted by Gasteiger charge is -2.43. The quantitative estimate of drug-likeness (QED) is 0.105. The maximum atomic E-state index is 12.2. The number of nitrogens with zero attached hydrogens (tertiary/aromatic N) is 11. The van der Waals surface area contributed by atoms with Gasteiger partial charge in [-0.05, 0) is 263 Å². The van der Waals surface area contributed by atoms with Gasteiger partial charge in [-0.1, -0.05) is 0 Å². The summed E-state index contributed by atoms with van der Waals surface area (Å²) in [5, 5.41) is 27.8. The van der Waals surface area contributed by atoms with Gasteiger partial charge in [0.25, 0.3) is 12.9 Å². The predicted molar refractivity (Wildman–Crippen MR) is 405 cm³/mol. The number of morpholine rings is 1. The van der Waals surface area contributed by atoms with Crippen LogP contribution in [0.3, 0.4) is 0 Å². The summed E-state index contributed by atoms with van der Waals surface area (Å²) in [5.74, 6) is 0.992. The van der Waals surface area contributed by atoms with E-state index in [1.54, 1.807) is 13.8 Å². The number of hydrogen-bond donors (Lipinski definition) is 3. The largest absolute Gasteiger partial charge is 0.474 e. The first-order chi connectivity index (χ1) is 45.4. The maximum absolute atomic E-state index is 12.2. The molecule has 7 fully saturated rings. The molecule has 0 aromatic rings. The first-order valence-corrected chi connectivity index (χ1v) is 39.6. The molecule has 0 radical (unpaired) electrons. The number of β-amino-alcohol motifs (C(OH)–C–C–N with tert-alkyl or cyclic N) is 1. The Labute approximate surface area is 605 Å². The first-order valence-electron chi connectivity index (χ1n) is 38.1. The Morgan fingerprint density at radius 3 is 1.07 bits per heavy atom. The van der Waals surface area contributed by atoms with Crippen molar-refractivity contribution >= 4 is 7.82 Å². The van der Waals surface area contributed by atoms with Crippen molar-refractivity contribution in [2.75, 3.05) is 210 Å². The van der Waals surface area contributed by atoms with Crippen LogP contribution in [0.4, 0.5) is 17.6 Å². The van der Waals surface area contributed by atoms with Crippen molar-refractivity contribution < 1.29 is 55.8 Å². The number of hydrogen-bond acceptors (Lipinski definition) is 19. The minimum Gasteiger partial charge on any atom is -0.396 e. The summed E-state index contributed by atoms with van der Waals surface area (Å²) in [7, 11) is -1.15. The SMILES string of the molecule is CC(C)(C)N1CCC(CO)CC1.CC(C)(C)N1CCCN(CC(F)F)CC1.CC(C)(C)N1CCN(CC(F)F)CC1.CC(C)(C)N1CCOC[C@H]1CO.CC(C)(O)CN1CCN(C(C)(C)C)CC1.CCOP(=O)(OCC)OCC1CCN(C(C)(C)C)CC1.CN1CCN(C(C)(C)C)CC1. The van der Waals surface area contributed by atoms with Gasteiger partial charge in [-0.3, -0.25) is 62.6 Å². The third-order valence-electron chi connectivity index (χ3n) is 19.8. The molecule has 99 heavy (non-hydrogen) atoms. The number of alkyl halides is 4. The second-order valence-corrected chi connectivity index (χ2v) is 37.7. The zero-order valence-electron chi connectivity index (χ0n) is 68.6. The van der Waals surface area contributed by atoms with E-state index in [-0.39, 0.29) is 53.4 Å². The van der Waals surface area contributed by atoms with Crippen molar-refractivity contribution in [2.45, 2.75) is 268 Å². The Kier molecular flexibility index (Phi) is 43.9. The molecular weight excluding hydrogens is 1290 g/mol. The second kappa shape index (κ2) is 45.1. The molecule has 0 saturated carbocycles. The van der Waals surface area contributed by atoms with Crippen LogP contribution in [-0.4, -0.2) is 343 Å². The minimum absolute atomic E-state index is 0.0714. The number of aliphatic hydroxyl groups excluding tert-OH is 2. The summed E-state index contributed by atoms with van der Waals surface area (Å²) in [4.78, 5) is 25.5. The van der Waals surface area contributed by atoms with Gasteiger partial charge >= 0.3 is 7.82 Å². The molecule has 0 aliphatic carbocycles. The summed E-state index contributed by atoms with van der Waals surface area (Å²) in [6, 6.07) is 0.179. The number of ether oxygens (including phenoxy) is 1. The molecule has 7 saturated heterocycles. The van der Waals surface area contributed by atoms with Crippen LogP contribution in [0.2, 0.25) is 0 Å². The van der Waals surface area contributed by atoms with E-state index in [0.29, 0.717) is 55.9 Å². The summed E-state index contributed by atoms with van der Waals surface area (Å²) in [6.45, 7) is 79.2. The van der Waals surface area contributed by atoms with Crippen LogP contribution < -0.4 is 0 Å². The van der Waals surface area contributed by atoms with Crippen LogP contribution >= 0.6 is 7.82 Å². The maximum Gasteiger partial charge on any atom is 0.474 e. The van der Waals surface area contributed by atoms with Gasteiger partial charge in [0.05, 0.1) is 64.4 Å². The van der Waals surface area contributed by atoms with Gasteiger partial charge in [-0.2, -0.15) is 0 Å². The smallest absolute Gasteiger partial charge is 0.396 e. The lowest BCUT2D eigenvalue weighted by molar-refractivity contribution is -0.0656. The van der Waals surface area contributed by atoms with Crippen molar-refractivity contribution in [3.8, 4) is 0 Å². The highest BCUT2D eigenvalue weighted by Gasteiger charge is 2.35. The molecule has 0 amide bonds. The van der Waals surface area contributed by atoms with Gasteiger partial charge in [-0.15, -0.1) is 0 Å². The highest BCUT2D eigenvalue weighted by Crippen LogP contribution is 2.50. The van der Waals surface area contributed by atoms with Crippen LogP contribution in [0.1, 0.15) is 205 Å². The molecule has 3 N–H and O–H groups in total. The Morgan fingerprint density at radius 1 is 0.424 bits per heavy atom. The van der Waals surface area contributed by atoms with E-state index < -0.39 is 26.3 Å². The van der Waals surface area contributed by atoms with Crippen LogP contribution in [0.15, 0.2) is 0 Å². The van der Waals surface area contributed by atoms with Gasteiger partial charge in [0, 0.05) is 150 Å². The molecule has 7 rings (SSSR count). The number of phosphoric acid groups is 1. The zero-order chi connectivity index (χ0) is 76.0. The second-order valence-electron chi connectivity index (χ2n) is 36.0. The number of phosphoric ester groups is 1. The van der Waals surface area contributed by atoms with E-state index >= 15 is 0 Å². The molecule has 7 aliphatic rings. The normalized spacial score (nSPS) is 22.5. The Bertz CT molecular complexity index is 2080.